The molecule has 0 unspecified atom stereocenters. The Morgan fingerprint density at radius 3 is 2.67 bits per heavy atom. The molecule has 33 heavy (non-hydrogen) atoms. The predicted molar refractivity (Wildman–Crippen MR) is 119 cm³/mol. The van der Waals surface area contributed by atoms with E-state index < -0.39 is 18.6 Å². The highest BCUT2D eigenvalue weighted by molar-refractivity contribution is 6.32. The Hall–Kier alpha value is -2.94. The maximum absolute atomic E-state index is 13.0. The molecule has 1 aliphatic rings. The third kappa shape index (κ3) is 3.88. The van der Waals surface area contributed by atoms with E-state index in [1.54, 1.807) is 24.3 Å². The highest BCUT2D eigenvalue weighted by Crippen LogP contribution is 2.47. The van der Waals surface area contributed by atoms with E-state index >= 15 is 0 Å². The number of hydrogen-bond donors (Lipinski definition) is 1. The Morgan fingerprint density at radius 1 is 1.12 bits per heavy atom. The lowest BCUT2D eigenvalue weighted by molar-refractivity contribution is -0.0505. The second-order valence-electron chi connectivity index (χ2n) is 7.58. The van der Waals surface area contributed by atoms with Gasteiger partial charge in [0, 0.05) is 39.9 Å². The smallest absolute Gasteiger partial charge is 0.387 e. The number of methoxy groups -OCH3 is 1. The molecule has 0 bridgehead atoms. The molecule has 1 aliphatic carbocycles. The summed E-state index contributed by atoms with van der Waals surface area (Å²) >= 11 is 12.5. The third-order valence-corrected chi connectivity index (χ3v) is 6.22. The summed E-state index contributed by atoms with van der Waals surface area (Å²) in [6.45, 7) is -2.99. The minimum absolute atomic E-state index is 0.00736. The van der Waals surface area contributed by atoms with Crippen molar-refractivity contribution in [2.24, 2.45) is 0 Å². The number of fused-ring (bicyclic) bond motifs is 3. The van der Waals surface area contributed by atoms with Gasteiger partial charge >= 0.3 is 6.61 Å². The number of nitrogens with zero attached hydrogens (tertiary/aromatic N) is 3. The molecule has 3 heterocycles. The third-order valence-electron chi connectivity index (χ3n) is 5.70. The molecule has 1 N–H and O–H groups in total. The number of aromatic nitrogens is 3. The molecule has 0 aliphatic heterocycles. The molecule has 0 spiro atoms. The number of alkyl halides is 2. The fraction of sp³-hybridized carbons (Fsp3) is 0.217. The zero-order valence-electron chi connectivity index (χ0n) is 17.2. The summed E-state index contributed by atoms with van der Waals surface area (Å²) in [7, 11) is 1.51. The fourth-order valence-corrected chi connectivity index (χ4v) is 4.73. The lowest BCUT2D eigenvalue weighted by Crippen LogP contribution is -2.08. The van der Waals surface area contributed by atoms with Gasteiger partial charge in [-0.3, -0.25) is 0 Å². The van der Waals surface area contributed by atoms with E-state index in [0.717, 1.165) is 5.56 Å². The van der Waals surface area contributed by atoms with Crippen LogP contribution < -0.4 is 9.47 Å². The van der Waals surface area contributed by atoms with E-state index in [1.807, 2.05) is 16.7 Å². The molecule has 2 atom stereocenters. The second-order valence-corrected chi connectivity index (χ2v) is 8.38. The number of hydrogen-bond acceptors (Lipinski definition) is 5. The second kappa shape index (κ2) is 8.44. The maximum atomic E-state index is 13.0. The molecule has 3 aromatic heterocycles. The summed E-state index contributed by atoms with van der Waals surface area (Å²) in [6, 6.07) is 11.6. The average molecular weight is 492 g/mol. The van der Waals surface area contributed by atoms with Gasteiger partial charge in [-0.05, 0) is 42.8 Å². The standard InChI is InChI=1S/C23H17Cl2F2N3O3/c1-32-19-7-4-13(22(25)29-19)11-2-6-18-28-20-16(31)9-15(21(20)30(18)10-11)14-8-12(24)3-5-17(14)33-23(26)27/h2-8,10,15-16,23,31H,9H2,1H3/t15-,16-/m1/s1. The van der Waals surface area contributed by atoms with Crippen LogP contribution in [-0.2, 0) is 0 Å². The van der Waals surface area contributed by atoms with E-state index in [9.17, 15) is 13.9 Å². The average Bonchev–Trinajstić information content (AvgIpc) is 3.31. The van der Waals surface area contributed by atoms with Crippen LogP contribution in [0.1, 0.15) is 35.4 Å². The highest BCUT2D eigenvalue weighted by Gasteiger charge is 2.37. The van der Waals surface area contributed by atoms with E-state index in [0.29, 0.717) is 39.1 Å². The summed E-state index contributed by atoms with van der Waals surface area (Å²) < 4.78 is 37.8. The Bertz CT molecular complexity index is 1360. The molecule has 170 valence electrons. The number of rotatable bonds is 5. The van der Waals surface area contributed by atoms with Crippen LogP contribution in [0.5, 0.6) is 11.6 Å². The van der Waals surface area contributed by atoms with Gasteiger partial charge in [-0.1, -0.05) is 23.2 Å². The quantitative estimate of drug-likeness (QED) is 0.353. The molecule has 0 radical (unpaired) electrons. The van der Waals surface area contributed by atoms with Crippen molar-refractivity contribution in [3.63, 3.8) is 0 Å². The van der Waals surface area contributed by atoms with Crippen molar-refractivity contribution < 1.29 is 23.4 Å². The minimum atomic E-state index is -2.99. The van der Waals surface area contributed by atoms with Crippen molar-refractivity contribution >= 4 is 28.8 Å². The molecule has 4 aromatic rings. The van der Waals surface area contributed by atoms with Crippen molar-refractivity contribution in [1.29, 1.82) is 0 Å². The number of aliphatic hydroxyl groups excluding tert-OH is 1. The summed E-state index contributed by atoms with van der Waals surface area (Å²) in [5.41, 5.74) is 3.66. The fourth-order valence-electron chi connectivity index (χ4n) is 4.29. The predicted octanol–water partition coefficient (Wildman–Crippen LogP) is 5.88. The molecule has 10 heteroatoms. The summed E-state index contributed by atoms with van der Waals surface area (Å²) in [6.07, 6.45) is 1.23. The Morgan fingerprint density at radius 2 is 1.94 bits per heavy atom. The molecular weight excluding hydrogens is 475 g/mol. The zero-order chi connectivity index (χ0) is 23.3. The molecule has 0 amide bonds. The number of benzene rings is 1. The lowest BCUT2D eigenvalue weighted by Gasteiger charge is -2.18. The van der Waals surface area contributed by atoms with E-state index in [1.165, 1.54) is 19.2 Å². The first-order valence-electron chi connectivity index (χ1n) is 10.0. The lowest BCUT2D eigenvalue weighted by atomic mass is 9.95. The van der Waals surface area contributed by atoms with E-state index in [2.05, 4.69) is 9.97 Å². The number of halogens is 4. The van der Waals surface area contributed by atoms with Gasteiger partial charge in [-0.15, -0.1) is 0 Å². The summed E-state index contributed by atoms with van der Waals surface area (Å²) in [5.74, 6) is -0.0610. The maximum Gasteiger partial charge on any atom is 0.387 e. The first-order valence-corrected chi connectivity index (χ1v) is 10.8. The van der Waals surface area contributed by atoms with Gasteiger partial charge in [0.15, 0.2) is 0 Å². The van der Waals surface area contributed by atoms with Gasteiger partial charge in [-0.25, -0.2) is 9.97 Å². The van der Waals surface area contributed by atoms with Gasteiger partial charge in [0.05, 0.1) is 24.6 Å². The van der Waals surface area contributed by atoms with E-state index in [4.69, 9.17) is 32.7 Å². The van der Waals surface area contributed by atoms with Gasteiger partial charge in [0.2, 0.25) is 5.88 Å². The molecule has 6 nitrogen and oxygen atoms in total. The summed E-state index contributed by atoms with van der Waals surface area (Å²) in [5, 5.41) is 11.3. The minimum Gasteiger partial charge on any atom is -0.481 e. The monoisotopic (exact) mass is 491 g/mol. The van der Waals surface area contributed by atoms with Gasteiger partial charge in [0.25, 0.3) is 0 Å². The van der Waals surface area contributed by atoms with Crippen molar-refractivity contribution in [3.8, 4) is 22.8 Å². The van der Waals surface area contributed by atoms with Crippen LogP contribution in [0.25, 0.3) is 16.8 Å². The largest absolute Gasteiger partial charge is 0.481 e. The van der Waals surface area contributed by atoms with Crippen molar-refractivity contribution in [2.75, 3.05) is 7.11 Å². The first-order chi connectivity index (χ1) is 15.9. The number of pyridine rings is 2. The van der Waals surface area contributed by atoms with Crippen LogP contribution in [0.3, 0.4) is 0 Å². The molecule has 0 saturated heterocycles. The molecule has 0 saturated carbocycles. The SMILES string of the molecule is COc1ccc(-c2ccc3nc4c(n3c2)[C@@H](c2cc(Cl)ccc2OC(F)F)C[C@H]4O)c(Cl)n1. The van der Waals surface area contributed by atoms with Crippen molar-refractivity contribution in [3.05, 3.63) is 75.8 Å². The van der Waals surface area contributed by atoms with Crippen LogP contribution in [0, 0.1) is 0 Å². The molecule has 5 rings (SSSR count). The Labute approximate surface area is 197 Å². The van der Waals surface area contributed by atoms with Gasteiger partial charge in [0.1, 0.15) is 16.5 Å². The van der Waals surface area contributed by atoms with Crippen LogP contribution >= 0.6 is 23.2 Å². The number of imidazole rings is 1. The van der Waals surface area contributed by atoms with Crippen LogP contribution in [-0.4, -0.2) is 33.2 Å². The van der Waals surface area contributed by atoms with Crippen molar-refractivity contribution in [2.45, 2.75) is 25.1 Å². The topological polar surface area (TPSA) is 68.9 Å². The van der Waals surface area contributed by atoms with Gasteiger partial charge < -0.3 is 19.0 Å². The van der Waals surface area contributed by atoms with Crippen LogP contribution in [0.4, 0.5) is 8.78 Å². The Kier molecular flexibility index (Phi) is 5.60. The van der Waals surface area contributed by atoms with Crippen LogP contribution in [0.15, 0.2) is 48.7 Å². The van der Waals surface area contributed by atoms with E-state index in [-0.39, 0.29) is 17.3 Å². The van der Waals surface area contributed by atoms with Gasteiger partial charge in [-0.2, -0.15) is 8.78 Å². The molecule has 0 fully saturated rings. The first kappa shape index (κ1) is 21.9. The molecular formula is C23H17Cl2F2N3O3. The van der Waals surface area contributed by atoms with Crippen molar-refractivity contribution in [1.82, 2.24) is 14.4 Å². The zero-order valence-corrected chi connectivity index (χ0v) is 18.7. The van der Waals surface area contributed by atoms with Crippen LogP contribution in [0.2, 0.25) is 10.2 Å². The Balaban J connectivity index is 1.66. The number of aliphatic hydroxyl groups is 1. The highest BCUT2D eigenvalue weighted by atomic mass is 35.5. The molecule has 1 aromatic carbocycles. The normalized spacial score (nSPS) is 17.5. The summed E-state index contributed by atoms with van der Waals surface area (Å²) in [4.78, 5) is 8.78. The number of ether oxygens (including phenoxy) is 2.